The molecular formula is C22H23ClN2O4. The van der Waals surface area contributed by atoms with Gasteiger partial charge in [-0.2, -0.15) is 0 Å². The quantitative estimate of drug-likeness (QED) is 0.813. The summed E-state index contributed by atoms with van der Waals surface area (Å²) in [5, 5.41) is 4.00. The van der Waals surface area contributed by atoms with Crippen molar-refractivity contribution in [1.29, 1.82) is 0 Å². The van der Waals surface area contributed by atoms with Crippen LogP contribution in [0.1, 0.15) is 41.3 Å². The zero-order valence-corrected chi connectivity index (χ0v) is 16.8. The molecule has 7 heteroatoms. The van der Waals surface area contributed by atoms with Gasteiger partial charge in [-0.1, -0.05) is 23.7 Å². The Balaban J connectivity index is 1.55. The Hall–Kier alpha value is -2.44. The number of nitrogens with one attached hydrogen (secondary N) is 1. The number of rotatable bonds is 3. The van der Waals surface area contributed by atoms with Gasteiger partial charge in [-0.05, 0) is 37.1 Å². The number of carbonyl (C=O) groups excluding carboxylic acids is 1. The van der Waals surface area contributed by atoms with Gasteiger partial charge in [0.05, 0.1) is 29.9 Å². The first-order chi connectivity index (χ1) is 14.2. The van der Waals surface area contributed by atoms with Gasteiger partial charge in [0.25, 0.3) is 5.91 Å². The van der Waals surface area contributed by atoms with Crippen LogP contribution >= 0.6 is 11.6 Å². The number of para-hydroxylation sites is 1. The van der Waals surface area contributed by atoms with E-state index in [-0.39, 0.29) is 18.2 Å². The van der Waals surface area contributed by atoms with Gasteiger partial charge >= 0.3 is 0 Å². The molecule has 1 fully saturated rings. The summed E-state index contributed by atoms with van der Waals surface area (Å²) in [5.74, 6) is 1.18. The summed E-state index contributed by atoms with van der Waals surface area (Å²) in [7, 11) is 0. The molecule has 3 aliphatic heterocycles. The van der Waals surface area contributed by atoms with Crippen LogP contribution in [0.25, 0.3) is 0 Å². The van der Waals surface area contributed by atoms with Crippen molar-refractivity contribution in [3.8, 4) is 11.5 Å². The fraction of sp³-hybridized carbons (Fsp3) is 0.409. The maximum Gasteiger partial charge on any atom is 0.257 e. The lowest BCUT2D eigenvalue weighted by Gasteiger charge is -2.39. The zero-order chi connectivity index (χ0) is 19.8. The van der Waals surface area contributed by atoms with E-state index in [4.69, 9.17) is 25.8 Å². The summed E-state index contributed by atoms with van der Waals surface area (Å²) < 4.78 is 17.4. The van der Waals surface area contributed by atoms with Crippen molar-refractivity contribution in [1.82, 2.24) is 4.90 Å². The van der Waals surface area contributed by atoms with Gasteiger partial charge in [-0.3, -0.25) is 4.79 Å². The number of fused-ring (bicyclic) bond motifs is 2. The van der Waals surface area contributed by atoms with E-state index in [1.165, 1.54) is 0 Å². The highest BCUT2D eigenvalue weighted by atomic mass is 35.5. The van der Waals surface area contributed by atoms with Crippen molar-refractivity contribution in [2.24, 2.45) is 0 Å². The second-order valence-corrected chi connectivity index (χ2v) is 7.97. The van der Waals surface area contributed by atoms with E-state index in [0.29, 0.717) is 41.8 Å². The maximum atomic E-state index is 13.4. The summed E-state index contributed by atoms with van der Waals surface area (Å²) in [6, 6.07) is 11.4. The monoisotopic (exact) mass is 414 g/mol. The minimum absolute atomic E-state index is 0.0110. The Labute approximate surface area is 174 Å². The number of halogens is 1. The van der Waals surface area contributed by atoms with Crippen molar-refractivity contribution >= 4 is 23.2 Å². The molecular weight excluding hydrogens is 392 g/mol. The van der Waals surface area contributed by atoms with Crippen molar-refractivity contribution in [2.45, 2.75) is 31.5 Å². The van der Waals surface area contributed by atoms with Crippen LogP contribution in [0, 0.1) is 0 Å². The van der Waals surface area contributed by atoms with Gasteiger partial charge in [0.2, 0.25) is 0 Å². The molecule has 0 aromatic heterocycles. The molecule has 2 aromatic carbocycles. The van der Waals surface area contributed by atoms with E-state index in [9.17, 15) is 4.79 Å². The standard InChI is InChI=1S/C22H23ClN2O4/c23-17-11-14(12-19-20(17)29-10-4-9-28-19)21-24-18-7-2-1-6-16(18)22(26)25(21)13-15-5-3-8-27-15/h1-2,6-7,11-12,15,21,24H,3-5,8-10,13H2/t15-,21-/m1/s1. The first-order valence-electron chi connectivity index (χ1n) is 10.1. The van der Waals surface area contributed by atoms with Crippen LogP contribution in [-0.2, 0) is 4.74 Å². The second kappa shape index (κ2) is 7.76. The van der Waals surface area contributed by atoms with Crippen LogP contribution in [0.15, 0.2) is 36.4 Å². The van der Waals surface area contributed by atoms with Gasteiger partial charge in [-0.15, -0.1) is 0 Å². The van der Waals surface area contributed by atoms with Gasteiger partial charge in [0.15, 0.2) is 11.5 Å². The molecule has 5 rings (SSSR count). The lowest BCUT2D eigenvalue weighted by molar-refractivity contribution is 0.0426. The summed E-state index contributed by atoms with van der Waals surface area (Å²) in [6.45, 7) is 2.42. The molecule has 0 aliphatic carbocycles. The molecule has 1 amide bonds. The minimum Gasteiger partial charge on any atom is -0.489 e. The molecule has 1 saturated heterocycles. The number of benzene rings is 2. The predicted octanol–water partition coefficient (Wildman–Crippen LogP) is 4.25. The van der Waals surface area contributed by atoms with Crippen molar-refractivity contribution in [3.05, 3.63) is 52.5 Å². The summed E-state index contributed by atoms with van der Waals surface area (Å²) in [4.78, 5) is 15.2. The molecule has 0 spiro atoms. The highest BCUT2D eigenvalue weighted by molar-refractivity contribution is 6.32. The zero-order valence-electron chi connectivity index (χ0n) is 16.0. The number of amides is 1. The van der Waals surface area contributed by atoms with Gasteiger partial charge in [-0.25, -0.2) is 0 Å². The number of hydrogen-bond acceptors (Lipinski definition) is 5. The number of nitrogens with zero attached hydrogens (tertiary/aromatic N) is 1. The number of hydrogen-bond donors (Lipinski definition) is 1. The molecule has 0 radical (unpaired) electrons. The van der Waals surface area contributed by atoms with Crippen molar-refractivity contribution in [2.75, 3.05) is 31.7 Å². The summed E-state index contributed by atoms with van der Waals surface area (Å²) in [5.41, 5.74) is 2.34. The Morgan fingerprint density at radius 3 is 2.83 bits per heavy atom. The molecule has 2 aromatic rings. The molecule has 1 N–H and O–H groups in total. The van der Waals surface area contributed by atoms with E-state index < -0.39 is 0 Å². The van der Waals surface area contributed by atoms with E-state index in [0.717, 1.165) is 37.1 Å². The molecule has 0 bridgehead atoms. The fourth-order valence-corrected chi connectivity index (χ4v) is 4.43. The van der Waals surface area contributed by atoms with Crippen LogP contribution in [0.3, 0.4) is 0 Å². The Bertz CT molecular complexity index is 929. The average Bonchev–Trinajstić information content (AvgIpc) is 3.12. The molecule has 0 unspecified atom stereocenters. The van der Waals surface area contributed by atoms with E-state index >= 15 is 0 Å². The third-order valence-corrected chi connectivity index (χ3v) is 5.87. The van der Waals surface area contributed by atoms with E-state index in [1.54, 1.807) is 0 Å². The lowest BCUT2D eigenvalue weighted by Crippen LogP contribution is -2.46. The number of anilines is 1. The number of carbonyl (C=O) groups is 1. The summed E-state index contributed by atoms with van der Waals surface area (Å²) >= 11 is 6.53. The minimum atomic E-state index is -0.365. The van der Waals surface area contributed by atoms with Crippen LogP contribution in [0.2, 0.25) is 5.02 Å². The van der Waals surface area contributed by atoms with E-state index in [1.807, 2.05) is 41.3 Å². The molecule has 2 atom stereocenters. The smallest absolute Gasteiger partial charge is 0.257 e. The molecule has 3 aliphatic rings. The highest BCUT2D eigenvalue weighted by Gasteiger charge is 2.36. The molecule has 6 nitrogen and oxygen atoms in total. The Morgan fingerprint density at radius 1 is 1.10 bits per heavy atom. The Morgan fingerprint density at radius 2 is 1.97 bits per heavy atom. The SMILES string of the molecule is O=C1c2ccccc2N[C@@H](c2cc(Cl)c3c(c2)OCCCO3)N1C[C@H]1CCCO1. The van der Waals surface area contributed by atoms with Crippen LogP contribution in [-0.4, -0.2) is 43.3 Å². The largest absolute Gasteiger partial charge is 0.489 e. The van der Waals surface area contributed by atoms with Crippen molar-refractivity contribution in [3.63, 3.8) is 0 Å². The predicted molar refractivity (Wildman–Crippen MR) is 110 cm³/mol. The lowest BCUT2D eigenvalue weighted by atomic mass is 10.0. The highest BCUT2D eigenvalue weighted by Crippen LogP contribution is 2.42. The normalized spacial score (nSPS) is 23.3. The van der Waals surface area contributed by atoms with Crippen LogP contribution < -0.4 is 14.8 Å². The molecule has 29 heavy (non-hydrogen) atoms. The van der Waals surface area contributed by atoms with Gasteiger partial charge < -0.3 is 24.4 Å². The molecule has 152 valence electrons. The number of ether oxygens (including phenoxy) is 3. The van der Waals surface area contributed by atoms with Gasteiger partial charge in [0.1, 0.15) is 6.17 Å². The first-order valence-corrected chi connectivity index (χ1v) is 10.5. The average molecular weight is 415 g/mol. The third-order valence-electron chi connectivity index (χ3n) is 5.59. The van der Waals surface area contributed by atoms with Gasteiger partial charge in [0, 0.05) is 30.8 Å². The van der Waals surface area contributed by atoms with E-state index in [2.05, 4.69) is 5.32 Å². The molecule has 3 heterocycles. The Kier molecular flexibility index (Phi) is 4.97. The third kappa shape index (κ3) is 3.51. The van der Waals surface area contributed by atoms with Crippen molar-refractivity contribution < 1.29 is 19.0 Å². The fourth-order valence-electron chi connectivity index (χ4n) is 4.16. The van der Waals surface area contributed by atoms with Crippen LogP contribution in [0.4, 0.5) is 5.69 Å². The van der Waals surface area contributed by atoms with Crippen LogP contribution in [0.5, 0.6) is 11.5 Å². The second-order valence-electron chi connectivity index (χ2n) is 7.57. The maximum absolute atomic E-state index is 13.4. The molecule has 0 saturated carbocycles. The first kappa shape index (κ1) is 18.6. The summed E-state index contributed by atoms with van der Waals surface area (Å²) in [6.07, 6.45) is 2.47. The topological polar surface area (TPSA) is 60.0 Å².